The van der Waals surface area contributed by atoms with Crippen LogP contribution in [0.4, 0.5) is 0 Å². The molecule has 0 atom stereocenters. The normalized spacial score (nSPS) is 12.0. The number of hydrogen-bond donors (Lipinski definition) is 3. The van der Waals surface area contributed by atoms with Gasteiger partial charge in [-0.3, -0.25) is 0 Å². The zero-order valence-electron chi connectivity index (χ0n) is 49.8. The molecule has 0 bridgehead atoms. The lowest BCUT2D eigenvalue weighted by molar-refractivity contribution is -0.890. The van der Waals surface area contributed by atoms with Crippen molar-refractivity contribution in [3.05, 3.63) is 0 Å². The van der Waals surface area contributed by atoms with E-state index in [1.165, 1.54) is 289 Å². The van der Waals surface area contributed by atoms with Gasteiger partial charge in [0.05, 0.1) is 81.7 Å². The molecule has 0 saturated heterocycles. The van der Waals surface area contributed by atoms with E-state index in [9.17, 15) is 0 Å². The largest absolute Gasteiger partial charge is 0.822 e. The number of nitrogens with zero attached hydrogens (tertiary/aromatic N) is 3. The Hall–Kier alpha value is -0.130. The molecule has 71 heavy (non-hydrogen) atoms. The Balaban J connectivity index is -0.000000451. The highest BCUT2D eigenvalue weighted by Gasteiger charge is 2.14. The number of quaternary nitrogens is 3. The van der Waals surface area contributed by atoms with Crippen molar-refractivity contribution in [2.75, 3.05) is 101 Å². The molecule has 0 aliphatic carbocycles. The molecule has 434 valence electrons. The number of aliphatic hydroxyl groups is 3. The number of hydrogen-bond acceptors (Lipinski definition) is 7. The second-order valence-corrected chi connectivity index (χ2v) is 24.4. The van der Waals surface area contributed by atoms with Crippen molar-refractivity contribution in [2.24, 2.45) is 0 Å². The number of phosphoric acid groups is 1. The van der Waals surface area contributed by atoms with Crippen molar-refractivity contribution in [1.29, 1.82) is 0 Å². The summed E-state index contributed by atoms with van der Waals surface area (Å²) in [5.74, 6) is 0. The third kappa shape index (κ3) is 81.4. The molecule has 0 radical (unpaired) electrons. The van der Waals surface area contributed by atoms with Crippen LogP contribution in [0.25, 0.3) is 0 Å². The van der Waals surface area contributed by atoms with Crippen LogP contribution < -0.4 is 14.7 Å². The number of likely N-dealkylation sites (N-methyl/N-ethyl adjacent to an activating group) is 3. The Labute approximate surface area is 446 Å². The van der Waals surface area contributed by atoms with Crippen LogP contribution in [0, 0.1) is 0 Å². The van der Waals surface area contributed by atoms with Crippen molar-refractivity contribution in [3.8, 4) is 0 Å². The van der Waals surface area contributed by atoms with Gasteiger partial charge in [0.2, 0.25) is 0 Å². The van der Waals surface area contributed by atoms with E-state index in [2.05, 4.69) is 63.1 Å². The number of rotatable bonds is 51. The average Bonchev–Trinajstić information content (AvgIpc) is 3.29. The van der Waals surface area contributed by atoms with Gasteiger partial charge in [0.25, 0.3) is 0 Å². The lowest BCUT2D eigenvalue weighted by Gasteiger charge is -2.36. The van der Waals surface area contributed by atoms with Gasteiger partial charge in [-0.05, 0) is 38.5 Å². The first kappa shape index (κ1) is 77.4. The third-order valence-electron chi connectivity index (χ3n) is 14.5. The van der Waals surface area contributed by atoms with Gasteiger partial charge in [-0.2, -0.15) is 7.82 Å². The lowest BCUT2D eigenvalue weighted by atomic mass is 10.0. The summed E-state index contributed by atoms with van der Waals surface area (Å²) in [6.45, 7) is 14.1. The van der Waals surface area contributed by atoms with E-state index in [4.69, 9.17) is 34.6 Å². The summed E-state index contributed by atoms with van der Waals surface area (Å²) in [4.78, 5) is 25.6. The van der Waals surface area contributed by atoms with E-state index in [0.29, 0.717) is 19.8 Å². The van der Waals surface area contributed by atoms with Crippen LogP contribution >= 0.6 is 7.82 Å². The molecule has 0 aliphatic heterocycles. The minimum absolute atomic E-state index is 0.311. The van der Waals surface area contributed by atoms with Crippen LogP contribution in [0.1, 0.15) is 290 Å². The fraction of sp³-hybridized carbons (Fsp3) is 1.00. The van der Waals surface area contributed by atoms with Gasteiger partial charge in [-0.25, -0.2) is 0 Å². The molecule has 0 saturated carbocycles. The monoisotopic (exact) mass is 1040 g/mol. The van der Waals surface area contributed by atoms with E-state index in [1.807, 2.05) is 0 Å². The Morgan fingerprint density at radius 1 is 0.254 bits per heavy atom. The molecule has 3 N–H and O–H groups in total. The zero-order valence-corrected chi connectivity index (χ0v) is 50.7. The maximum Gasteiger partial charge on any atom is 0.102 e. The molecule has 11 heteroatoms. The molecule has 0 aliphatic rings. The predicted octanol–water partition coefficient (Wildman–Crippen LogP) is 13.8. The zero-order chi connectivity index (χ0) is 54.1. The Kier molecular flexibility index (Phi) is 64.4. The van der Waals surface area contributed by atoms with Gasteiger partial charge in [0.15, 0.2) is 0 Å². The highest BCUT2D eigenvalue weighted by atomic mass is 31.2. The standard InChI is InChI=1S/3C20H44NO.H3O4P/c3*1-4-5-6-7-8-9-10-11-12-13-14-15-16-17-18-21(2,3)19-20-22;1-5(2,3)4/h3*22H,4-20H2,1-3H3;(H3,1,2,3,4)/q3*+1;/p-3. The maximum absolute atomic E-state index is 9.00. The van der Waals surface area contributed by atoms with Crippen LogP contribution in [-0.4, -0.2) is 130 Å². The van der Waals surface area contributed by atoms with Crippen LogP contribution in [0.2, 0.25) is 0 Å². The first-order chi connectivity index (χ1) is 33.9. The van der Waals surface area contributed by atoms with E-state index < -0.39 is 7.82 Å². The minimum Gasteiger partial charge on any atom is -0.822 e. The first-order valence-electron chi connectivity index (χ1n) is 30.9. The SMILES string of the molecule is CCCCCCCCCCCCCCCC[N+](C)(C)CCO.CCCCCCCCCCCCCCCC[N+](C)(C)CCO.CCCCCCCCCCCCCCCC[N+](C)(C)CCO.O=P([O-])([O-])[O-]. The van der Waals surface area contributed by atoms with Crippen molar-refractivity contribution in [2.45, 2.75) is 290 Å². The fourth-order valence-corrected chi connectivity index (χ4v) is 9.35. The summed E-state index contributed by atoms with van der Waals surface area (Å²) in [5.41, 5.74) is 0. The molecule has 10 nitrogen and oxygen atoms in total. The van der Waals surface area contributed by atoms with Gasteiger partial charge >= 0.3 is 0 Å². The Morgan fingerprint density at radius 2 is 0.366 bits per heavy atom. The second kappa shape index (κ2) is 59.1. The minimum atomic E-state index is -5.39. The highest BCUT2D eigenvalue weighted by molar-refractivity contribution is 7.40. The van der Waals surface area contributed by atoms with Crippen LogP contribution in [0.5, 0.6) is 0 Å². The molecule has 0 unspecified atom stereocenters. The molecule has 0 spiro atoms. The summed E-state index contributed by atoms with van der Waals surface area (Å²) in [5, 5.41) is 27.0. The van der Waals surface area contributed by atoms with E-state index in [-0.39, 0.29) is 0 Å². The molecule has 0 aromatic heterocycles. The summed E-state index contributed by atoms with van der Waals surface area (Å²) in [7, 11) is 7.94. The number of aliphatic hydroxyl groups excluding tert-OH is 3. The van der Waals surface area contributed by atoms with Crippen LogP contribution in [0.15, 0.2) is 0 Å². The van der Waals surface area contributed by atoms with E-state index >= 15 is 0 Å². The second-order valence-electron chi connectivity index (χ2n) is 23.6. The first-order valence-corrected chi connectivity index (χ1v) is 32.3. The Morgan fingerprint density at radius 3 is 0.479 bits per heavy atom. The van der Waals surface area contributed by atoms with Crippen LogP contribution in [-0.2, 0) is 4.57 Å². The molecule has 0 heterocycles. The number of unbranched alkanes of at least 4 members (excludes halogenated alkanes) is 39. The van der Waals surface area contributed by atoms with Crippen molar-refractivity contribution < 1.29 is 48.0 Å². The molecule has 0 amide bonds. The topological polar surface area (TPSA) is 147 Å². The molecule has 0 aromatic rings. The third-order valence-corrected chi connectivity index (χ3v) is 14.5. The quantitative estimate of drug-likeness (QED) is 0.0312. The summed E-state index contributed by atoms with van der Waals surface area (Å²) < 4.78 is 11.4. The molecule has 0 fully saturated rings. The predicted molar refractivity (Wildman–Crippen MR) is 305 cm³/mol. The van der Waals surface area contributed by atoms with Gasteiger partial charge in [0, 0.05) is 0 Å². The lowest BCUT2D eigenvalue weighted by Crippen LogP contribution is -2.42. The van der Waals surface area contributed by atoms with Crippen molar-refractivity contribution >= 4 is 7.82 Å². The summed E-state index contributed by atoms with van der Waals surface area (Å²) in [6, 6.07) is 0. The average molecular weight is 1040 g/mol. The molecular formula is C60H132N3O7P. The highest BCUT2D eigenvalue weighted by Crippen LogP contribution is 2.17. The van der Waals surface area contributed by atoms with Crippen LogP contribution in [0.3, 0.4) is 0 Å². The maximum atomic E-state index is 9.00. The van der Waals surface area contributed by atoms with Gasteiger partial charge in [-0.15, -0.1) is 0 Å². The Bertz CT molecular complexity index is 912. The molecule has 0 rings (SSSR count). The van der Waals surface area contributed by atoms with Crippen molar-refractivity contribution in [1.82, 2.24) is 0 Å². The van der Waals surface area contributed by atoms with Gasteiger partial charge in [0.1, 0.15) is 19.6 Å². The van der Waals surface area contributed by atoms with Crippen molar-refractivity contribution in [3.63, 3.8) is 0 Å². The summed E-state index contributed by atoms with van der Waals surface area (Å²) in [6.07, 6.45) is 59.7. The van der Waals surface area contributed by atoms with Gasteiger partial charge in [-0.1, -0.05) is 252 Å². The summed E-state index contributed by atoms with van der Waals surface area (Å²) >= 11 is 0. The molecular weight excluding hydrogens is 906 g/mol. The van der Waals surface area contributed by atoms with E-state index in [0.717, 1.165) is 33.1 Å². The molecule has 0 aromatic carbocycles. The fourth-order valence-electron chi connectivity index (χ4n) is 9.35. The smallest absolute Gasteiger partial charge is 0.102 e. The van der Waals surface area contributed by atoms with Gasteiger partial charge < -0.3 is 48.0 Å². The van der Waals surface area contributed by atoms with E-state index in [1.54, 1.807) is 0 Å².